The summed E-state index contributed by atoms with van der Waals surface area (Å²) in [5, 5.41) is 9.93. The van der Waals surface area contributed by atoms with Crippen molar-refractivity contribution in [1.82, 2.24) is 0 Å². The summed E-state index contributed by atoms with van der Waals surface area (Å²) in [5.41, 5.74) is 4.02. The smallest absolute Gasteiger partial charge is 0.331 e. The van der Waals surface area contributed by atoms with Gasteiger partial charge >= 0.3 is 5.97 Å². The van der Waals surface area contributed by atoms with Crippen LogP contribution in [0.4, 0.5) is 0 Å². The van der Waals surface area contributed by atoms with Gasteiger partial charge in [-0.05, 0) is 23.6 Å². The van der Waals surface area contributed by atoms with E-state index >= 15 is 0 Å². The van der Waals surface area contributed by atoms with Crippen molar-refractivity contribution in [3.63, 3.8) is 0 Å². The summed E-state index contributed by atoms with van der Waals surface area (Å²) >= 11 is 0. The lowest BCUT2D eigenvalue weighted by atomic mass is 9.75. The summed E-state index contributed by atoms with van der Waals surface area (Å²) in [7, 11) is 0. The molecule has 0 aliphatic carbocycles. The van der Waals surface area contributed by atoms with Crippen LogP contribution in [0.3, 0.4) is 0 Å². The molecule has 0 spiro atoms. The molecule has 0 aromatic heterocycles. The molecular formula is C22H21NO2. The molecule has 0 heterocycles. The van der Waals surface area contributed by atoms with E-state index in [1.54, 1.807) is 19.1 Å². The van der Waals surface area contributed by atoms with Gasteiger partial charge in [0.25, 0.3) is 0 Å². The summed E-state index contributed by atoms with van der Waals surface area (Å²) in [5.74, 6) is -0.537. The van der Waals surface area contributed by atoms with E-state index in [-0.39, 0.29) is 13.0 Å². The summed E-state index contributed by atoms with van der Waals surface area (Å²) in [4.78, 5) is 12.7. The maximum atomic E-state index is 12.7. The van der Waals surface area contributed by atoms with Crippen LogP contribution in [-0.4, -0.2) is 12.6 Å². The van der Waals surface area contributed by atoms with Crippen molar-refractivity contribution in [2.75, 3.05) is 6.61 Å². The molecule has 2 rings (SSSR count). The second-order valence-electron chi connectivity index (χ2n) is 5.72. The Bertz CT molecular complexity index is 799. The molecule has 0 N–H and O–H groups in total. The summed E-state index contributed by atoms with van der Waals surface area (Å²) in [6, 6.07) is 21.1. The van der Waals surface area contributed by atoms with Gasteiger partial charge in [-0.15, -0.1) is 5.73 Å². The molecule has 0 bridgehead atoms. The fourth-order valence-corrected chi connectivity index (χ4v) is 2.77. The summed E-state index contributed by atoms with van der Waals surface area (Å²) in [6.45, 7) is 5.71. The minimum absolute atomic E-state index is 0.199. The molecule has 0 saturated heterocycles. The van der Waals surface area contributed by atoms with Crippen LogP contribution < -0.4 is 0 Å². The number of nitrogens with zero attached hydrogens (tertiary/aromatic N) is 1. The van der Waals surface area contributed by atoms with E-state index in [1.165, 1.54) is 0 Å². The lowest BCUT2D eigenvalue weighted by molar-refractivity contribution is -0.147. The van der Waals surface area contributed by atoms with Crippen LogP contribution >= 0.6 is 0 Å². The number of hydrogen-bond acceptors (Lipinski definition) is 3. The van der Waals surface area contributed by atoms with Crippen molar-refractivity contribution in [3.05, 3.63) is 89.7 Å². The Kier molecular flexibility index (Phi) is 6.34. The number of rotatable bonds is 7. The van der Waals surface area contributed by atoms with Crippen molar-refractivity contribution in [2.45, 2.75) is 25.2 Å². The second kappa shape index (κ2) is 8.68. The van der Waals surface area contributed by atoms with E-state index < -0.39 is 11.4 Å². The van der Waals surface area contributed by atoms with Gasteiger partial charge in [0.15, 0.2) is 5.41 Å². The predicted molar refractivity (Wildman–Crippen MR) is 97.8 cm³/mol. The number of nitriles is 1. The standard InChI is InChI=1S/C22H21NO2/c1-3-18(15-19-11-7-5-8-12-19)16-22(17-23,21(24)25-4-2)20-13-9-6-10-14-20/h5-14H,1,4,15-16H2,2H3. The molecule has 2 aromatic carbocycles. The van der Waals surface area contributed by atoms with Crippen molar-refractivity contribution in [1.29, 1.82) is 5.26 Å². The molecule has 0 saturated carbocycles. The van der Waals surface area contributed by atoms with Crippen molar-refractivity contribution in [2.24, 2.45) is 0 Å². The van der Waals surface area contributed by atoms with Crippen LogP contribution in [0.25, 0.3) is 0 Å². The number of esters is 1. The maximum Gasteiger partial charge on any atom is 0.331 e. The minimum Gasteiger partial charge on any atom is -0.465 e. The number of allylic oxidation sites excluding steroid dienone is 1. The largest absolute Gasteiger partial charge is 0.465 e. The zero-order chi connectivity index (χ0) is 18.1. The Hall–Kier alpha value is -3.08. The first kappa shape index (κ1) is 18.3. The highest BCUT2D eigenvalue weighted by molar-refractivity contribution is 5.87. The fraction of sp³-hybridized carbons (Fsp3) is 0.227. The third-order valence-electron chi connectivity index (χ3n) is 4.07. The number of benzene rings is 2. The monoisotopic (exact) mass is 331 g/mol. The van der Waals surface area contributed by atoms with E-state index in [0.717, 1.165) is 11.1 Å². The fourth-order valence-electron chi connectivity index (χ4n) is 2.77. The topological polar surface area (TPSA) is 50.1 Å². The van der Waals surface area contributed by atoms with E-state index in [0.29, 0.717) is 12.0 Å². The molecule has 126 valence electrons. The SMILES string of the molecule is C=C=C(Cc1ccccc1)CC(C#N)(C(=O)OCC)c1ccccc1. The van der Waals surface area contributed by atoms with Gasteiger partial charge in [-0.1, -0.05) is 67.2 Å². The third-order valence-corrected chi connectivity index (χ3v) is 4.07. The zero-order valence-electron chi connectivity index (χ0n) is 14.4. The van der Waals surface area contributed by atoms with E-state index in [2.05, 4.69) is 18.4 Å². The van der Waals surface area contributed by atoms with Crippen LogP contribution in [0.1, 0.15) is 24.5 Å². The molecule has 25 heavy (non-hydrogen) atoms. The number of carbonyl (C=O) groups excluding carboxylic acids is 1. The maximum absolute atomic E-state index is 12.7. The molecule has 0 amide bonds. The molecule has 0 radical (unpaired) electrons. The van der Waals surface area contributed by atoms with E-state index in [1.807, 2.05) is 48.5 Å². The van der Waals surface area contributed by atoms with Gasteiger partial charge < -0.3 is 4.74 Å². The predicted octanol–water partition coefficient (Wildman–Crippen LogP) is 4.36. The molecule has 1 atom stereocenters. The highest BCUT2D eigenvalue weighted by Crippen LogP contribution is 2.33. The quantitative estimate of drug-likeness (QED) is 0.559. The van der Waals surface area contributed by atoms with E-state index in [9.17, 15) is 10.1 Å². The van der Waals surface area contributed by atoms with Gasteiger partial charge in [0.2, 0.25) is 0 Å². The Morgan fingerprint density at radius 1 is 1.12 bits per heavy atom. The van der Waals surface area contributed by atoms with Crippen molar-refractivity contribution >= 4 is 5.97 Å². The van der Waals surface area contributed by atoms with Crippen LogP contribution in [0, 0.1) is 11.3 Å². The van der Waals surface area contributed by atoms with Crippen LogP contribution in [-0.2, 0) is 21.4 Å². The minimum atomic E-state index is -1.40. The Labute approximate surface area is 148 Å². The second-order valence-corrected chi connectivity index (χ2v) is 5.72. The molecule has 3 nitrogen and oxygen atoms in total. The van der Waals surface area contributed by atoms with Crippen LogP contribution in [0.5, 0.6) is 0 Å². The van der Waals surface area contributed by atoms with Crippen molar-refractivity contribution in [3.8, 4) is 6.07 Å². The Morgan fingerprint density at radius 3 is 2.24 bits per heavy atom. The molecule has 2 aromatic rings. The first-order valence-electron chi connectivity index (χ1n) is 8.22. The zero-order valence-corrected chi connectivity index (χ0v) is 14.4. The number of hydrogen-bond donors (Lipinski definition) is 0. The summed E-state index contributed by atoms with van der Waals surface area (Å²) < 4.78 is 5.23. The van der Waals surface area contributed by atoms with Gasteiger partial charge in [0, 0.05) is 12.8 Å². The van der Waals surface area contributed by atoms with Gasteiger partial charge in [-0.3, -0.25) is 0 Å². The lowest BCUT2D eigenvalue weighted by Gasteiger charge is -2.25. The van der Waals surface area contributed by atoms with Gasteiger partial charge in [0.05, 0.1) is 12.7 Å². The highest BCUT2D eigenvalue weighted by atomic mass is 16.5. The average molecular weight is 331 g/mol. The first-order valence-corrected chi connectivity index (χ1v) is 8.22. The molecule has 0 aliphatic rings. The van der Waals surface area contributed by atoms with Gasteiger partial charge in [-0.2, -0.15) is 5.26 Å². The first-order chi connectivity index (χ1) is 12.2. The van der Waals surface area contributed by atoms with Crippen molar-refractivity contribution < 1.29 is 9.53 Å². The lowest BCUT2D eigenvalue weighted by Crippen LogP contribution is -2.37. The molecule has 3 heteroatoms. The highest BCUT2D eigenvalue weighted by Gasteiger charge is 2.43. The number of carbonyl (C=O) groups is 1. The normalized spacial score (nSPS) is 12.3. The molecular weight excluding hydrogens is 310 g/mol. The molecule has 0 fully saturated rings. The van der Waals surface area contributed by atoms with Crippen LogP contribution in [0.15, 0.2) is 78.5 Å². The van der Waals surface area contributed by atoms with Gasteiger partial charge in [-0.25, -0.2) is 4.79 Å². The average Bonchev–Trinajstić information content (AvgIpc) is 2.67. The third kappa shape index (κ3) is 4.26. The summed E-state index contributed by atoms with van der Waals surface area (Å²) in [6.07, 6.45) is 0.782. The molecule has 1 unspecified atom stereocenters. The van der Waals surface area contributed by atoms with Gasteiger partial charge in [0.1, 0.15) is 0 Å². The number of ether oxygens (including phenoxy) is 1. The van der Waals surface area contributed by atoms with E-state index in [4.69, 9.17) is 4.74 Å². The van der Waals surface area contributed by atoms with Crippen LogP contribution in [0.2, 0.25) is 0 Å². The Balaban J connectivity index is 2.40. The molecule has 0 aliphatic heterocycles. The Morgan fingerprint density at radius 2 is 1.72 bits per heavy atom.